The maximum atomic E-state index is 13.1. The van der Waals surface area contributed by atoms with Gasteiger partial charge in [-0.1, -0.05) is 53.5 Å². The Morgan fingerprint density at radius 3 is 2.44 bits per heavy atom. The summed E-state index contributed by atoms with van der Waals surface area (Å²) in [7, 11) is 2.87. The third kappa shape index (κ3) is 5.13. The molecule has 32 heavy (non-hydrogen) atoms. The van der Waals surface area contributed by atoms with Crippen molar-refractivity contribution in [3.8, 4) is 11.5 Å². The average molecular weight is 485 g/mol. The molecule has 9 heteroatoms. The van der Waals surface area contributed by atoms with Crippen LogP contribution in [0.1, 0.15) is 34.8 Å². The van der Waals surface area contributed by atoms with E-state index in [0.717, 1.165) is 5.56 Å². The lowest BCUT2D eigenvalue weighted by molar-refractivity contribution is -0.237. The first-order valence-electron chi connectivity index (χ1n) is 10.1. The summed E-state index contributed by atoms with van der Waals surface area (Å²) in [6, 6.07) is 9.51. The zero-order chi connectivity index (χ0) is 23.4. The second-order valence-electron chi connectivity index (χ2n) is 7.44. The summed E-state index contributed by atoms with van der Waals surface area (Å²) in [6.07, 6.45) is -2.85. The van der Waals surface area contributed by atoms with Gasteiger partial charge in [-0.3, -0.25) is 0 Å². The molecule has 0 aliphatic carbocycles. The van der Waals surface area contributed by atoms with Crippen molar-refractivity contribution >= 4 is 29.2 Å². The van der Waals surface area contributed by atoms with Crippen LogP contribution in [0, 0.1) is 6.92 Å². The fraction of sp³-hybridized carbons (Fsp3) is 0.435. The molecule has 1 saturated heterocycles. The van der Waals surface area contributed by atoms with Crippen molar-refractivity contribution in [1.82, 2.24) is 0 Å². The van der Waals surface area contributed by atoms with Gasteiger partial charge < -0.3 is 28.8 Å². The van der Waals surface area contributed by atoms with Crippen LogP contribution in [0.4, 0.5) is 0 Å². The number of halogens is 2. The standard InChI is InChI=1S/C23H26Cl2O7/c1-12-17(23(27)32-20-13(2)31-16(28-3)10-15(20)26)21(29-4)19(25)22(18(12)24)30-11-14-8-6-5-7-9-14/h5-9,13,15-16,20,26H,10-11H2,1-4H3/t13-,15-,16+,20-/m1/s1. The van der Waals surface area contributed by atoms with Crippen LogP contribution in [0.25, 0.3) is 0 Å². The first-order valence-corrected chi connectivity index (χ1v) is 10.8. The number of aliphatic hydroxyl groups excluding tert-OH is 1. The number of aliphatic hydroxyl groups is 1. The maximum Gasteiger partial charge on any atom is 0.342 e. The number of esters is 1. The fourth-order valence-electron chi connectivity index (χ4n) is 3.58. The normalized spacial score (nSPS) is 23.0. The minimum absolute atomic E-state index is 0.0546. The van der Waals surface area contributed by atoms with Gasteiger partial charge >= 0.3 is 5.97 Å². The van der Waals surface area contributed by atoms with Crippen LogP contribution in [-0.2, 0) is 20.8 Å². The van der Waals surface area contributed by atoms with Gasteiger partial charge in [0, 0.05) is 13.5 Å². The highest BCUT2D eigenvalue weighted by Crippen LogP contribution is 2.46. The molecular weight excluding hydrogens is 459 g/mol. The monoisotopic (exact) mass is 484 g/mol. The van der Waals surface area contributed by atoms with E-state index in [-0.39, 0.29) is 40.1 Å². The summed E-state index contributed by atoms with van der Waals surface area (Å²) in [5, 5.41) is 10.7. The number of hydrogen-bond donors (Lipinski definition) is 1. The highest BCUT2D eigenvalue weighted by atomic mass is 35.5. The molecule has 1 aliphatic rings. The Morgan fingerprint density at radius 1 is 1.16 bits per heavy atom. The number of rotatable bonds is 7. The van der Waals surface area contributed by atoms with Gasteiger partial charge in [-0.2, -0.15) is 0 Å². The maximum absolute atomic E-state index is 13.1. The average Bonchev–Trinajstić information content (AvgIpc) is 2.78. The van der Waals surface area contributed by atoms with E-state index in [2.05, 4.69) is 0 Å². The van der Waals surface area contributed by atoms with Crippen molar-refractivity contribution < 1.29 is 33.6 Å². The Balaban J connectivity index is 1.87. The summed E-state index contributed by atoms with van der Waals surface area (Å²) in [5.74, 6) is -0.455. The highest BCUT2D eigenvalue weighted by molar-refractivity contribution is 6.39. The molecule has 174 valence electrons. The molecule has 1 N–H and O–H groups in total. The zero-order valence-electron chi connectivity index (χ0n) is 18.3. The molecule has 7 nitrogen and oxygen atoms in total. The Bertz CT molecular complexity index is 939. The summed E-state index contributed by atoms with van der Waals surface area (Å²) < 4.78 is 27.6. The first kappa shape index (κ1) is 24.6. The summed E-state index contributed by atoms with van der Waals surface area (Å²) >= 11 is 13.0. The lowest BCUT2D eigenvalue weighted by Gasteiger charge is -2.37. The Kier molecular flexibility index (Phi) is 8.25. The lowest BCUT2D eigenvalue weighted by atomic mass is 10.0. The van der Waals surface area contributed by atoms with Gasteiger partial charge in [0.25, 0.3) is 0 Å². The molecule has 1 aliphatic heterocycles. The molecule has 2 aromatic carbocycles. The Hall–Kier alpha value is -2.03. The van der Waals surface area contributed by atoms with Gasteiger partial charge in [-0.05, 0) is 25.0 Å². The van der Waals surface area contributed by atoms with Crippen molar-refractivity contribution in [3.63, 3.8) is 0 Å². The van der Waals surface area contributed by atoms with E-state index in [0.29, 0.717) is 5.56 Å². The molecule has 0 aromatic heterocycles. The fourth-order valence-corrected chi connectivity index (χ4v) is 4.19. The molecule has 4 atom stereocenters. The first-order chi connectivity index (χ1) is 15.3. The predicted molar refractivity (Wildman–Crippen MR) is 120 cm³/mol. The molecule has 1 fully saturated rings. The van der Waals surface area contributed by atoms with E-state index in [9.17, 15) is 9.90 Å². The molecule has 0 saturated carbocycles. The summed E-state index contributed by atoms with van der Waals surface area (Å²) in [5.41, 5.74) is 1.37. The second-order valence-corrected chi connectivity index (χ2v) is 8.20. The summed E-state index contributed by atoms with van der Waals surface area (Å²) in [6.45, 7) is 3.57. The molecule has 2 aromatic rings. The number of carbonyl (C=O) groups excluding carboxylic acids is 1. The minimum atomic E-state index is -0.960. The highest BCUT2D eigenvalue weighted by Gasteiger charge is 2.39. The van der Waals surface area contributed by atoms with E-state index in [1.54, 1.807) is 13.8 Å². The molecule has 0 unspecified atom stereocenters. The van der Waals surface area contributed by atoms with Crippen LogP contribution < -0.4 is 9.47 Å². The van der Waals surface area contributed by atoms with E-state index < -0.39 is 30.6 Å². The topological polar surface area (TPSA) is 83.5 Å². The van der Waals surface area contributed by atoms with Crippen molar-refractivity contribution in [2.45, 2.75) is 51.5 Å². The van der Waals surface area contributed by atoms with Gasteiger partial charge in [-0.15, -0.1) is 0 Å². The minimum Gasteiger partial charge on any atom is -0.494 e. The van der Waals surface area contributed by atoms with Crippen LogP contribution >= 0.6 is 23.2 Å². The van der Waals surface area contributed by atoms with E-state index in [1.165, 1.54) is 14.2 Å². The number of ether oxygens (including phenoxy) is 5. The zero-order valence-corrected chi connectivity index (χ0v) is 19.8. The smallest absolute Gasteiger partial charge is 0.342 e. The van der Waals surface area contributed by atoms with Crippen LogP contribution in [-0.4, -0.2) is 49.9 Å². The van der Waals surface area contributed by atoms with Gasteiger partial charge in [0.2, 0.25) is 0 Å². The van der Waals surface area contributed by atoms with E-state index in [4.69, 9.17) is 46.9 Å². The number of benzene rings is 2. The Morgan fingerprint density at radius 2 is 1.84 bits per heavy atom. The molecule has 0 spiro atoms. The van der Waals surface area contributed by atoms with Crippen LogP contribution in [0.3, 0.4) is 0 Å². The van der Waals surface area contributed by atoms with Crippen molar-refractivity contribution in [3.05, 3.63) is 57.1 Å². The third-order valence-electron chi connectivity index (χ3n) is 5.31. The van der Waals surface area contributed by atoms with Gasteiger partial charge in [-0.25, -0.2) is 4.79 Å². The van der Waals surface area contributed by atoms with E-state index in [1.807, 2.05) is 30.3 Å². The SMILES string of the molecule is COc1c(Cl)c(OCc2ccccc2)c(Cl)c(C)c1C(=O)O[C@H]1[C@H](O)C[C@@H](OC)O[C@@H]1C. The van der Waals surface area contributed by atoms with Gasteiger partial charge in [0.1, 0.15) is 17.2 Å². The Labute approximate surface area is 197 Å². The lowest BCUT2D eigenvalue weighted by Crippen LogP contribution is -2.49. The predicted octanol–water partition coefficient (Wildman–Crippen LogP) is 4.56. The number of carbonyl (C=O) groups is 1. The molecule has 0 radical (unpaired) electrons. The van der Waals surface area contributed by atoms with Crippen LogP contribution in [0.15, 0.2) is 30.3 Å². The number of hydrogen-bond acceptors (Lipinski definition) is 7. The molecule has 0 bridgehead atoms. The molecule has 0 amide bonds. The van der Waals surface area contributed by atoms with Crippen molar-refractivity contribution in [2.75, 3.05) is 14.2 Å². The van der Waals surface area contributed by atoms with Crippen molar-refractivity contribution in [1.29, 1.82) is 0 Å². The van der Waals surface area contributed by atoms with Crippen molar-refractivity contribution in [2.24, 2.45) is 0 Å². The van der Waals surface area contributed by atoms with Gasteiger partial charge in [0.05, 0.1) is 24.3 Å². The third-order valence-corrected chi connectivity index (χ3v) is 6.11. The van der Waals surface area contributed by atoms with Crippen LogP contribution in [0.2, 0.25) is 10.0 Å². The largest absolute Gasteiger partial charge is 0.494 e. The van der Waals surface area contributed by atoms with Crippen LogP contribution in [0.5, 0.6) is 11.5 Å². The summed E-state index contributed by atoms with van der Waals surface area (Å²) in [4.78, 5) is 13.1. The second kappa shape index (κ2) is 10.7. The number of methoxy groups -OCH3 is 2. The quantitative estimate of drug-likeness (QED) is 0.576. The molecular formula is C23H26Cl2O7. The van der Waals surface area contributed by atoms with Gasteiger partial charge in [0.15, 0.2) is 23.9 Å². The molecule has 1 heterocycles. The van der Waals surface area contributed by atoms with E-state index >= 15 is 0 Å². The molecule has 3 rings (SSSR count).